The molecule has 0 aliphatic heterocycles. The van der Waals surface area contributed by atoms with Crippen molar-refractivity contribution in [3.05, 3.63) is 108 Å². The van der Waals surface area contributed by atoms with E-state index in [9.17, 15) is 10.2 Å². The molecular weight excluding hydrogens is 455 g/mol. The van der Waals surface area contributed by atoms with E-state index in [2.05, 4.69) is 9.98 Å². The standard InChI is InChI=1S/C28H20N2O2.Ni/c31-27-15-13-19-7-1-3-9-21(19)23(27)17-29-25-11-5-6-12-26(25)30-18-24-22-10-4-2-8-20(22)14-16-28(24)32;/h1-18,31-32H;/q;+2/p-2. The minimum atomic E-state index is -0.0832. The van der Waals surface area contributed by atoms with Crippen LogP contribution < -0.4 is 10.2 Å². The van der Waals surface area contributed by atoms with E-state index < -0.39 is 0 Å². The molecule has 0 spiro atoms. The van der Waals surface area contributed by atoms with Gasteiger partial charge in [0.25, 0.3) is 0 Å². The summed E-state index contributed by atoms with van der Waals surface area (Å²) >= 11 is 0. The van der Waals surface area contributed by atoms with Gasteiger partial charge in [-0.25, -0.2) is 0 Å². The molecule has 0 unspecified atom stereocenters. The molecule has 0 aromatic heterocycles. The number of rotatable bonds is 4. The first-order chi connectivity index (χ1) is 15.7. The van der Waals surface area contributed by atoms with Crippen LogP contribution in [-0.2, 0) is 16.5 Å². The van der Waals surface area contributed by atoms with E-state index in [4.69, 9.17) is 0 Å². The summed E-state index contributed by atoms with van der Waals surface area (Å²) in [5.41, 5.74) is 2.31. The van der Waals surface area contributed by atoms with Crippen molar-refractivity contribution in [1.82, 2.24) is 0 Å². The SMILES string of the molecule is [Ni+2].[O-]c1ccc2ccccc2c1C=Nc1ccccc1N=Cc1c([O-])ccc2ccccc12. The second-order valence-corrected chi connectivity index (χ2v) is 7.40. The van der Waals surface area contributed by atoms with Crippen molar-refractivity contribution in [2.45, 2.75) is 0 Å². The van der Waals surface area contributed by atoms with Gasteiger partial charge < -0.3 is 10.2 Å². The Kier molecular flexibility index (Phi) is 6.53. The molecule has 0 aliphatic rings. The fourth-order valence-corrected chi connectivity index (χ4v) is 3.77. The van der Waals surface area contributed by atoms with Gasteiger partial charge in [0.1, 0.15) is 0 Å². The molecular formula is C28H18N2NiO2. The molecule has 0 bridgehead atoms. The average Bonchev–Trinajstić information content (AvgIpc) is 2.83. The smallest absolute Gasteiger partial charge is 0.872 e. The Balaban J connectivity index is 0.00000259. The molecule has 0 atom stereocenters. The number of hydrogen-bond acceptors (Lipinski definition) is 4. The largest absolute Gasteiger partial charge is 2.00 e. The number of hydrogen-bond donors (Lipinski definition) is 0. The molecule has 5 aromatic rings. The molecule has 5 heteroatoms. The maximum atomic E-state index is 12.5. The topological polar surface area (TPSA) is 70.8 Å². The first-order valence-corrected chi connectivity index (χ1v) is 10.3. The second-order valence-electron chi connectivity index (χ2n) is 7.40. The van der Waals surface area contributed by atoms with E-state index in [1.54, 1.807) is 24.6 Å². The summed E-state index contributed by atoms with van der Waals surface area (Å²) in [6, 6.07) is 29.6. The van der Waals surface area contributed by atoms with Crippen LogP contribution in [0.1, 0.15) is 11.1 Å². The van der Waals surface area contributed by atoms with Crippen LogP contribution in [0.15, 0.2) is 107 Å². The van der Waals surface area contributed by atoms with Crippen molar-refractivity contribution in [3.63, 3.8) is 0 Å². The van der Waals surface area contributed by atoms with Crippen LogP contribution in [0, 0.1) is 0 Å². The zero-order valence-electron chi connectivity index (χ0n) is 17.4. The summed E-state index contributed by atoms with van der Waals surface area (Å²) in [5, 5.41) is 28.6. The Morgan fingerprint density at radius 2 is 0.879 bits per heavy atom. The van der Waals surface area contributed by atoms with Crippen LogP contribution in [0.5, 0.6) is 11.5 Å². The quantitative estimate of drug-likeness (QED) is 0.251. The maximum absolute atomic E-state index is 12.5. The van der Waals surface area contributed by atoms with E-state index in [0.29, 0.717) is 22.5 Å². The number of aliphatic imine (C=N–C) groups is 2. The summed E-state index contributed by atoms with van der Waals surface area (Å²) < 4.78 is 0. The van der Waals surface area contributed by atoms with Crippen molar-refractivity contribution in [2.24, 2.45) is 9.98 Å². The third-order valence-corrected chi connectivity index (χ3v) is 5.41. The minimum Gasteiger partial charge on any atom is -0.872 e. The molecule has 5 aromatic carbocycles. The first-order valence-electron chi connectivity index (χ1n) is 10.3. The van der Waals surface area contributed by atoms with Gasteiger partial charge >= 0.3 is 16.5 Å². The molecule has 0 fully saturated rings. The first kappa shape index (κ1) is 22.3. The molecule has 0 heterocycles. The van der Waals surface area contributed by atoms with E-state index >= 15 is 0 Å². The van der Waals surface area contributed by atoms with Crippen LogP contribution in [0.4, 0.5) is 11.4 Å². The third kappa shape index (κ3) is 4.50. The van der Waals surface area contributed by atoms with Gasteiger partial charge in [0, 0.05) is 12.4 Å². The normalized spacial score (nSPS) is 11.4. The van der Waals surface area contributed by atoms with E-state index in [1.165, 1.54) is 0 Å². The van der Waals surface area contributed by atoms with Gasteiger partial charge in [0.2, 0.25) is 0 Å². The summed E-state index contributed by atoms with van der Waals surface area (Å²) in [5.74, 6) is -0.166. The predicted molar refractivity (Wildman–Crippen MR) is 128 cm³/mol. The monoisotopic (exact) mass is 472 g/mol. The molecule has 0 aliphatic carbocycles. The predicted octanol–water partition coefficient (Wildman–Crippen LogP) is 5.64. The van der Waals surface area contributed by atoms with Crippen LogP contribution >= 0.6 is 0 Å². The summed E-state index contributed by atoms with van der Waals surface area (Å²) in [6.07, 6.45) is 3.19. The summed E-state index contributed by atoms with van der Waals surface area (Å²) in [4.78, 5) is 9.14. The zero-order chi connectivity index (χ0) is 21.9. The van der Waals surface area contributed by atoms with Crippen molar-refractivity contribution in [1.29, 1.82) is 0 Å². The number of benzene rings is 5. The van der Waals surface area contributed by atoms with Crippen molar-refractivity contribution < 1.29 is 26.7 Å². The molecule has 0 amide bonds. The van der Waals surface area contributed by atoms with Crippen LogP contribution in [0.2, 0.25) is 0 Å². The molecule has 0 saturated carbocycles. The molecule has 5 rings (SSSR count). The van der Waals surface area contributed by atoms with Gasteiger partial charge in [-0.1, -0.05) is 96.4 Å². The van der Waals surface area contributed by atoms with E-state index in [0.717, 1.165) is 21.5 Å². The van der Waals surface area contributed by atoms with Gasteiger partial charge in [0.05, 0.1) is 11.4 Å². The fourth-order valence-electron chi connectivity index (χ4n) is 3.77. The van der Waals surface area contributed by atoms with Crippen molar-refractivity contribution >= 4 is 45.3 Å². The molecule has 0 radical (unpaired) electrons. The fraction of sp³-hybridized carbons (Fsp3) is 0. The van der Waals surface area contributed by atoms with Gasteiger partial charge in [-0.15, -0.1) is 0 Å². The van der Waals surface area contributed by atoms with Crippen LogP contribution in [0.3, 0.4) is 0 Å². The van der Waals surface area contributed by atoms with E-state index in [-0.39, 0.29) is 28.0 Å². The Bertz CT molecular complexity index is 1390. The minimum absolute atomic E-state index is 0. The van der Waals surface area contributed by atoms with Crippen LogP contribution in [-0.4, -0.2) is 12.4 Å². The Hall–Kier alpha value is -3.95. The summed E-state index contributed by atoms with van der Waals surface area (Å²) in [6.45, 7) is 0. The molecule has 0 saturated heterocycles. The number of nitrogens with zero attached hydrogens (tertiary/aromatic N) is 2. The Morgan fingerprint density at radius 3 is 1.33 bits per heavy atom. The zero-order valence-corrected chi connectivity index (χ0v) is 18.4. The molecule has 4 nitrogen and oxygen atoms in total. The third-order valence-electron chi connectivity index (χ3n) is 5.41. The molecule has 0 N–H and O–H groups in total. The number of fused-ring (bicyclic) bond motifs is 2. The Morgan fingerprint density at radius 1 is 0.485 bits per heavy atom. The summed E-state index contributed by atoms with van der Waals surface area (Å²) in [7, 11) is 0. The van der Waals surface area contributed by atoms with Crippen molar-refractivity contribution in [3.8, 4) is 11.5 Å². The van der Waals surface area contributed by atoms with Crippen molar-refractivity contribution in [2.75, 3.05) is 0 Å². The molecule has 162 valence electrons. The molecule has 33 heavy (non-hydrogen) atoms. The second kappa shape index (κ2) is 9.68. The van der Waals surface area contributed by atoms with Gasteiger partial charge in [-0.3, -0.25) is 9.98 Å². The van der Waals surface area contributed by atoms with Crippen LogP contribution in [0.25, 0.3) is 21.5 Å². The maximum Gasteiger partial charge on any atom is 2.00 e. The van der Waals surface area contributed by atoms with Gasteiger partial charge in [-0.2, -0.15) is 0 Å². The van der Waals surface area contributed by atoms with E-state index in [1.807, 2.05) is 84.9 Å². The average molecular weight is 473 g/mol. The van der Waals surface area contributed by atoms with Gasteiger partial charge in [0.15, 0.2) is 0 Å². The Labute approximate surface area is 201 Å². The number of para-hydroxylation sites is 2. The van der Waals surface area contributed by atoms with Gasteiger partial charge in [-0.05, 0) is 44.8 Å².